The minimum Gasteiger partial charge on any atom is -0.481 e. The predicted molar refractivity (Wildman–Crippen MR) is 73.7 cm³/mol. The van der Waals surface area contributed by atoms with Gasteiger partial charge in [0.15, 0.2) is 0 Å². The predicted octanol–water partition coefficient (Wildman–Crippen LogP) is 4.52. The van der Waals surface area contributed by atoms with Crippen LogP contribution in [-0.2, 0) is 11.0 Å². The normalized spacial score (nSPS) is 11.4. The standard InChI is InChI=1S/C13H15BrF3NO2/c14-9-5-6-11(10(8-9)13(15,16)17)18-7-3-1-2-4-12(19)20/h5-6,8,18H,1-4,7H2,(H,19,20). The molecule has 0 heterocycles. The van der Waals surface area contributed by atoms with E-state index in [1.54, 1.807) is 6.07 Å². The van der Waals surface area contributed by atoms with E-state index in [-0.39, 0.29) is 12.1 Å². The molecule has 0 aromatic heterocycles. The number of hydrogen-bond donors (Lipinski definition) is 2. The lowest BCUT2D eigenvalue weighted by atomic mass is 10.1. The second-order valence-electron chi connectivity index (χ2n) is 4.32. The van der Waals surface area contributed by atoms with Crippen molar-refractivity contribution in [3.05, 3.63) is 28.2 Å². The first-order chi connectivity index (χ1) is 9.30. The highest BCUT2D eigenvalue weighted by atomic mass is 79.9. The zero-order valence-electron chi connectivity index (χ0n) is 10.6. The first-order valence-corrected chi connectivity index (χ1v) is 6.92. The molecule has 0 aliphatic rings. The van der Waals surface area contributed by atoms with Crippen molar-refractivity contribution in [1.82, 2.24) is 0 Å². The van der Waals surface area contributed by atoms with Gasteiger partial charge < -0.3 is 10.4 Å². The molecule has 0 bridgehead atoms. The number of benzene rings is 1. The van der Waals surface area contributed by atoms with Crippen LogP contribution in [0.2, 0.25) is 0 Å². The summed E-state index contributed by atoms with van der Waals surface area (Å²) < 4.78 is 38.8. The van der Waals surface area contributed by atoms with Crippen LogP contribution in [0.25, 0.3) is 0 Å². The van der Waals surface area contributed by atoms with Gasteiger partial charge in [0, 0.05) is 23.1 Å². The van der Waals surface area contributed by atoms with Crippen LogP contribution in [0.5, 0.6) is 0 Å². The molecule has 1 aromatic rings. The fourth-order valence-electron chi connectivity index (χ4n) is 1.71. The number of carboxylic acid groups (broad SMARTS) is 1. The molecule has 0 fully saturated rings. The van der Waals surface area contributed by atoms with E-state index in [2.05, 4.69) is 21.2 Å². The first-order valence-electron chi connectivity index (χ1n) is 6.13. The van der Waals surface area contributed by atoms with Crippen molar-refractivity contribution in [1.29, 1.82) is 0 Å². The van der Waals surface area contributed by atoms with Gasteiger partial charge in [0.05, 0.1) is 5.56 Å². The highest BCUT2D eigenvalue weighted by molar-refractivity contribution is 9.10. The molecule has 1 rings (SSSR count). The van der Waals surface area contributed by atoms with Crippen LogP contribution < -0.4 is 5.32 Å². The number of nitrogens with one attached hydrogen (secondary N) is 1. The van der Waals surface area contributed by atoms with E-state index >= 15 is 0 Å². The molecule has 7 heteroatoms. The van der Waals surface area contributed by atoms with Crippen molar-refractivity contribution in [3.63, 3.8) is 0 Å². The Morgan fingerprint density at radius 1 is 1.25 bits per heavy atom. The van der Waals surface area contributed by atoms with Crippen molar-refractivity contribution in [3.8, 4) is 0 Å². The molecule has 20 heavy (non-hydrogen) atoms. The van der Waals surface area contributed by atoms with Gasteiger partial charge in [0.25, 0.3) is 0 Å². The van der Waals surface area contributed by atoms with Crippen LogP contribution in [0.4, 0.5) is 18.9 Å². The number of unbranched alkanes of at least 4 members (excludes halogenated alkanes) is 2. The van der Waals surface area contributed by atoms with Crippen molar-refractivity contribution in [2.75, 3.05) is 11.9 Å². The topological polar surface area (TPSA) is 49.3 Å². The quantitative estimate of drug-likeness (QED) is 0.708. The third-order valence-electron chi connectivity index (χ3n) is 2.67. The van der Waals surface area contributed by atoms with Gasteiger partial charge in [-0.3, -0.25) is 4.79 Å². The summed E-state index contributed by atoms with van der Waals surface area (Å²) in [6, 6.07) is 3.96. The van der Waals surface area contributed by atoms with E-state index in [1.807, 2.05) is 0 Å². The summed E-state index contributed by atoms with van der Waals surface area (Å²) in [6.45, 7) is 0.379. The SMILES string of the molecule is O=C(O)CCCCCNc1ccc(Br)cc1C(F)(F)F. The molecule has 3 nitrogen and oxygen atoms in total. The summed E-state index contributed by atoms with van der Waals surface area (Å²) in [6.07, 6.45) is -2.50. The summed E-state index contributed by atoms with van der Waals surface area (Å²) in [5.74, 6) is -0.856. The molecular weight excluding hydrogens is 339 g/mol. The maximum atomic E-state index is 12.8. The number of aliphatic carboxylic acids is 1. The molecule has 2 N–H and O–H groups in total. The Hall–Kier alpha value is -1.24. The Bertz CT molecular complexity index is 463. The van der Waals surface area contributed by atoms with Gasteiger partial charge >= 0.3 is 12.1 Å². The molecule has 0 aliphatic heterocycles. The third-order valence-corrected chi connectivity index (χ3v) is 3.16. The van der Waals surface area contributed by atoms with E-state index < -0.39 is 17.7 Å². The van der Waals surface area contributed by atoms with Crippen molar-refractivity contribution < 1.29 is 23.1 Å². The fourth-order valence-corrected chi connectivity index (χ4v) is 2.07. The van der Waals surface area contributed by atoms with E-state index in [4.69, 9.17) is 5.11 Å². The van der Waals surface area contributed by atoms with E-state index in [0.29, 0.717) is 30.3 Å². The maximum absolute atomic E-state index is 12.8. The van der Waals surface area contributed by atoms with E-state index in [1.165, 1.54) is 6.07 Å². The third kappa shape index (κ3) is 5.81. The number of halogens is 4. The number of hydrogen-bond acceptors (Lipinski definition) is 2. The highest BCUT2D eigenvalue weighted by Gasteiger charge is 2.33. The lowest BCUT2D eigenvalue weighted by molar-refractivity contribution is -0.138. The van der Waals surface area contributed by atoms with Crippen molar-refractivity contribution in [2.24, 2.45) is 0 Å². The molecular formula is C13H15BrF3NO2. The molecule has 1 aromatic carbocycles. The van der Waals surface area contributed by atoms with Crippen LogP contribution >= 0.6 is 15.9 Å². The van der Waals surface area contributed by atoms with Gasteiger partial charge in [0.1, 0.15) is 0 Å². The van der Waals surface area contributed by atoms with E-state index in [0.717, 1.165) is 6.07 Å². The van der Waals surface area contributed by atoms with Crippen molar-refractivity contribution in [2.45, 2.75) is 31.9 Å². The molecule has 0 spiro atoms. The average molecular weight is 354 g/mol. The summed E-state index contributed by atoms with van der Waals surface area (Å²) in [7, 11) is 0. The smallest absolute Gasteiger partial charge is 0.418 e. The number of carbonyl (C=O) groups is 1. The largest absolute Gasteiger partial charge is 0.481 e. The lowest BCUT2D eigenvalue weighted by Crippen LogP contribution is -2.11. The molecule has 0 unspecified atom stereocenters. The minimum absolute atomic E-state index is 0.0407. The molecule has 0 saturated heterocycles. The van der Waals surface area contributed by atoms with Gasteiger partial charge in [-0.2, -0.15) is 13.2 Å². The number of carboxylic acids is 1. The Kier molecular flexibility index (Phi) is 6.32. The zero-order valence-corrected chi connectivity index (χ0v) is 12.2. The highest BCUT2D eigenvalue weighted by Crippen LogP contribution is 2.36. The Balaban J connectivity index is 2.50. The lowest BCUT2D eigenvalue weighted by Gasteiger charge is -2.15. The first kappa shape index (κ1) is 16.8. The Morgan fingerprint density at radius 2 is 1.95 bits per heavy atom. The Labute approximate surface area is 123 Å². The van der Waals surface area contributed by atoms with Crippen LogP contribution in [0.3, 0.4) is 0 Å². The minimum atomic E-state index is -4.41. The molecule has 0 amide bonds. The van der Waals surface area contributed by atoms with Crippen LogP contribution in [0, 0.1) is 0 Å². The van der Waals surface area contributed by atoms with Crippen LogP contribution in [0.1, 0.15) is 31.2 Å². The average Bonchev–Trinajstić information content (AvgIpc) is 2.33. The van der Waals surface area contributed by atoms with Gasteiger partial charge in [-0.25, -0.2) is 0 Å². The fraction of sp³-hybridized carbons (Fsp3) is 0.462. The number of anilines is 1. The second-order valence-corrected chi connectivity index (χ2v) is 5.23. The van der Waals surface area contributed by atoms with Crippen LogP contribution in [-0.4, -0.2) is 17.6 Å². The summed E-state index contributed by atoms with van der Waals surface area (Å²) in [5.41, 5.74) is -0.670. The van der Waals surface area contributed by atoms with Gasteiger partial charge in [-0.05, 0) is 31.0 Å². The maximum Gasteiger partial charge on any atom is 0.418 e. The number of rotatable bonds is 7. The van der Waals surface area contributed by atoms with Crippen molar-refractivity contribution >= 4 is 27.6 Å². The van der Waals surface area contributed by atoms with E-state index in [9.17, 15) is 18.0 Å². The molecule has 0 aliphatic carbocycles. The molecule has 0 radical (unpaired) electrons. The molecule has 0 atom stereocenters. The zero-order chi connectivity index (χ0) is 15.2. The monoisotopic (exact) mass is 353 g/mol. The summed E-state index contributed by atoms with van der Waals surface area (Å²) >= 11 is 3.02. The van der Waals surface area contributed by atoms with Gasteiger partial charge in [-0.15, -0.1) is 0 Å². The Morgan fingerprint density at radius 3 is 2.55 bits per heavy atom. The van der Waals surface area contributed by atoms with Gasteiger partial charge in [0.2, 0.25) is 0 Å². The van der Waals surface area contributed by atoms with Crippen LogP contribution in [0.15, 0.2) is 22.7 Å². The molecule has 112 valence electrons. The number of alkyl halides is 3. The summed E-state index contributed by atoms with van der Waals surface area (Å²) in [5, 5.41) is 11.2. The molecule has 0 saturated carbocycles. The summed E-state index contributed by atoms with van der Waals surface area (Å²) in [4.78, 5) is 10.3. The second kappa shape index (κ2) is 7.52. The van der Waals surface area contributed by atoms with Gasteiger partial charge in [-0.1, -0.05) is 22.4 Å².